The summed E-state index contributed by atoms with van der Waals surface area (Å²) in [5.41, 5.74) is 5.64. The number of hydrogen-bond donors (Lipinski definition) is 3. The van der Waals surface area contributed by atoms with Gasteiger partial charge in [-0.05, 0) is 164 Å². The molecule has 3 aliphatic heterocycles. The van der Waals surface area contributed by atoms with Crippen LogP contribution in [0, 0.1) is 5.92 Å². The smallest absolute Gasteiger partial charge is 0.438 e. The van der Waals surface area contributed by atoms with E-state index in [9.17, 15) is 103 Å². The minimum absolute atomic E-state index is 0. The van der Waals surface area contributed by atoms with Crippen molar-refractivity contribution >= 4 is 162 Å². The molecule has 0 aromatic heterocycles. The van der Waals surface area contributed by atoms with Gasteiger partial charge in [0.05, 0.1) is 26.6 Å². The van der Waals surface area contributed by atoms with Crippen molar-refractivity contribution in [2.45, 2.75) is 292 Å². The van der Waals surface area contributed by atoms with E-state index in [0.717, 1.165) is 30.4 Å². The van der Waals surface area contributed by atoms with Crippen molar-refractivity contribution < 1.29 is 177 Å². The van der Waals surface area contributed by atoms with Crippen molar-refractivity contribution in [2.75, 3.05) is 106 Å². The summed E-state index contributed by atoms with van der Waals surface area (Å²) in [5, 5.41) is 4.07. The molecule has 137 heavy (non-hydrogen) atoms. The molecule has 0 saturated carbocycles. The summed E-state index contributed by atoms with van der Waals surface area (Å²) in [6.07, 6.45) is -26.0. The van der Waals surface area contributed by atoms with Gasteiger partial charge in [0.15, 0.2) is 15.2 Å². The number of amides is 3. The zero-order valence-corrected chi connectivity index (χ0v) is 94.6. The average Bonchev–Trinajstić information content (AvgIpc) is 1.43. The lowest BCUT2D eigenvalue weighted by Crippen LogP contribution is -2.60. The molecule has 2 aromatic rings. The van der Waals surface area contributed by atoms with Gasteiger partial charge in [0, 0.05) is 86.7 Å². The molecule has 3 heterocycles. The van der Waals surface area contributed by atoms with Gasteiger partial charge in [-0.2, -0.15) is 44.3 Å². The molecule has 57 heteroatoms. The van der Waals surface area contributed by atoms with Crippen molar-refractivity contribution in [3.63, 3.8) is 0 Å². The fourth-order valence-corrected chi connectivity index (χ4v) is 50.4. The highest BCUT2D eigenvalue weighted by molar-refractivity contribution is 6.94. The van der Waals surface area contributed by atoms with E-state index in [0.29, 0.717) is 64.6 Å². The number of carbonyl (C=O) groups excluding carboxylic acids is 3. The van der Waals surface area contributed by atoms with Gasteiger partial charge < -0.3 is 94.3 Å². The molecular weight excluding hydrogens is 2090 g/mol. The molecule has 3 fully saturated rings. The van der Waals surface area contributed by atoms with Gasteiger partial charge in [-0.15, -0.1) is 52.7 Å². The summed E-state index contributed by atoms with van der Waals surface area (Å²) in [5.74, 6) is -10.5. The topological polar surface area (TPSA) is 270 Å². The lowest BCUT2D eigenvalue weighted by Gasteiger charge is -2.43. The lowest BCUT2D eigenvalue weighted by atomic mass is 10.1. The number of rotatable bonds is 32. The quantitative estimate of drug-likeness (QED) is 0.0153. The number of benzene rings is 2. The molecule has 7 unspecified atom stereocenters. The summed E-state index contributed by atoms with van der Waals surface area (Å²) in [4.78, 5) is 59.2. The monoisotopic (exact) mass is 2270 g/mol. The molecule has 25 nitrogen and oxygen atoms in total. The van der Waals surface area contributed by atoms with Crippen molar-refractivity contribution in [1.82, 2.24) is 5.32 Å². The Hall–Kier alpha value is -2.91. The van der Waals surface area contributed by atoms with Gasteiger partial charge >= 0.3 is 107 Å². The number of anilines is 2. The largest absolute Gasteiger partial charge is 0.529 e. The fourth-order valence-electron chi connectivity index (χ4n) is 10.5. The van der Waals surface area contributed by atoms with Gasteiger partial charge in [0.25, 0.3) is 18.6 Å². The van der Waals surface area contributed by atoms with Crippen molar-refractivity contribution in [1.29, 1.82) is 0 Å². The summed E-state index contributed by atoms with van der Waals surface area (Å²) < 4.78 is 295. The number of nitrogens with zero attached hydrogens (tertiary/aromatic N) is 2. The van der Waals surface area contributed by atoms with Crippen LogP contribution >= 0.6 is 0 Å². The number of epoxide rings is 1. The molecule has 0 radical (unpaired) electrons. The third-order valence-corrected chi connectivity index (χ3v) is 56.5. The van der Waals surface area contributed by atoms with Gasteiger partial charge in [-0.1, -0.05) is 146 Å². The highest BCUT2D eigenvalue weighted by Gasteiger charge is 2.62. The van der Waals surface area contributed by atoms with E-state index in [-0.39, 0.29) is 92.0 Å². The summed E-state index contributed by atoms with van der Waals surface area (Å²) in [6.45, 7) is 54.8. The lowest BCUT2D eigenvalue weighted by molar-refractivity contribution is -0.463. The molecule has 0 bridgehead atoms. The number of nitrogens with one attached hydrogen (secondary N) is 1. The Labute approximate surface area is 829 Å². The highest BCUT2D eigenvalue weighted by atomic mass is 28.5. The van der Waals surface area contributed by atoms with Crippen LogP contribution in [-0.2, 0) is 88.7 Å². The van der Waals surface area contributed by atoms with Crippen LogP contribution in [0.2, 0.25) is 149 Å². The van der Waals surface area contributed by atoms with Crippen molar-refractivity contribution in [2.24, 2.45) is 5.92 Å². The van der Waals surface area contributed by atoms with E-state index in [1.54, 1.807) is 88.6 Å². The van der Waals surface area contributed by atoms with Crippen LogP contribution < -0.4 is 25.5 Å². The summed E-state index contributed by atoms with van der Waals surface area (Å²) >= 11 is 0. The van der Waals surface area contributed by atoms with Crippen LogP contribution in [0.5, 0.6) is 0 Å². The van der Waals surface area contributed by atoms with Gasteiger partial charge in [-0.3, -0.25) is 18.8 Å². The molecule has 3 aliphatic rings. The van der Waals surface area contributed by atoms with E-state index in [2.05, 4.69) is 122 Å². The molecule has 0 aliphatic carbocycles. The average molecular weight is 2270 g/mol. The van der Waals surface area contributed by atoms with Gasteiger partial charge in [-0.25, -0.2) is 8.78 Å². The van der Waals surface area contributed by atoms with E-state index >= 15 is 0 Å². The van der Waals surface area contributed by atoms with Crippen molar-refractivity contribution in [3.8, 4) is 0 Å². The predicted octanol–water partition coefficient (Wildman–Crippen LogP) is 21.0. The second kappa shape index (κ2) is 74.0. The molecule has 826 valence electrons. The Morgan fingerprint density at radius 1 is 0.628 bits per heavy atom. The first-order valence-electron chi connectivity index (χ1n) is 39.9. The standard InChI is InChI=1S/C25H34N2O2Si2.C15H38O9Si5.C10H15F6NO3Si.C6H20O4Si3.C5H16O2Si2.C4H5F5O.C2F6O.C2H4.CH3F.CH6Si.9CH4/c1-9-30(5,6)22-15-11-13-20(17-22)26(3)24(28)19-25(29)27(4)21-14-12-16-23(18-21)31(7,8)10-2;1-16-29(17-2,18-3)12-11-28(7)23-26(5)21-25(4)22-27(6,24-28)10-8-9-19-13-15-14-20-15;1-21(19-4-2-3-5-20-21)6-17-8(18)7(9(11,12)13)10(14,15)16;1-11(2,7)9-13(5,6)10-12(3,4)8;1-6-8(2)7-9(3,4)5;1-3(6,10-2-5)4(7,8)9;3-1(4,5)9-2(6,7)8;3*1-2;;;;;;;;;/h9-18H,1-2,19H2,3-8H3;15,25-26H,8-14H2,1-7H3;7H,2-6H2,1H3,(H,17,18);7-8H,1-6H3;8H,1-5H3;2H2,1H3;;1-2H2;1H3;1-2H3;9*1H4. The number of hydrogen-bond acceptors (Lipinski definition) is 22. The highest BCUT2D eigenvalue weighted by Crippen LogP contribution is 2.40. The normalized spacial score (nSPS) is 18.2. The number of halogens is 18. The van der Waals surface area contributed by atoms with Crippen LogP contribution in [0.15, 0.2) is 86.2 Å². The Balaban J connectivity index is -0.000000110. The molecule has 3 amide bonds. The van der Waals surface area contributed by atoms with E-state index in [1.807, 2.05) is 67.4 Å². The first kappa shape index (κ1) is 165. The van der Waals surface area contributed by atoms with Crippen LogP contribution in [0.3, 0.4) is 0 Å². The molecule has 3 N–H and O–H groups in total. The number of carbonyl (C=O) groups is 3. The first-order valence-corrected chi connectivity index (χ1v) is 75.8. The van der Waals surface area contributed by atoms with Crippen LogP contribution in [0.1, 0.15) is 99.4 Å². The summed E-state index contributed by atoms with van der Waals surface area (Å²) in [6, 6.07) is 18.1. The van der Waals surface area contributed by atoms with Crippen LogP contribution in [-0.4, -0.2) is 289 Å². The molecule has 2 aromatic carbocycles. The third kappa shape index (κ3) is 75.5. The Bertz CT molecular complexity index is 3320. The Kier molecular flexibility index (Phi) is 89.0. The summed E-state index contributed by atoms with van der Waals surface area (Å²) in [7, 11) is -15.9. The predicted molar refractivity (Wildman–Crippen MR) is 554 cm³/mol. The Morgan fingerprint density at radius 3 is 1.26 bits per heavy atom. The zero-order valence-electron chi connectivity index (χ0n) is 79.1. The van der Waals surface area contributed by atoms with Gasteiger partial charge in [0.2, 0.25) is 23.6 Å². The second-order valence-corrected chi connectivity index (χ2v) is 75.5. The molecule has 3 saturated heterocycles. The minimum atomic E-state index is -5.70. The Morgan fingerprint density at radius 2 is 0.985 bits per heavy atom. The maximum atomic E-state index is 12.9. The molecule has 5 rings (SSSR count). The fraction of sp³-hybridized carbons (Fsp3) is 0.738. The molecular formula is C80H177F18N3O22Si14. The maximum absolute atomic E-state index is 12.9. The number of ether oxygens (including phenoxy) is 4. The maximum Gasteiger partial charge on any atom is 0.529 e. The van der Waals surface area contributed by atoms with Crippen molar-refractivity contribution in [3.05, 3.63) is 86.2 Å². The molecule has 0 spiro atoms. The minimum Gasteiger partial charge on any atom is -0.438 e. The SMILES string of the molecule is C.C.C.C.C.C.C.C.C.C=C.C=C[Si](C)(C)c1cccc(N(C)C(=O)CC(=O)N(C)c2cccc([Si](C)(C)C=C)c2)c1.CC(F)(OCF)C(F)(F)F.CF.CO[SiH](C)O[Si](C)(C)C.CO[Si](CC[Si]1(C)O[SiH](C)O[SiH](C)O[Si](C)(CCCOCC2CO2)O1)(OC)OC.C[SiH3].C[Si](C)(O)O[Si](C)(C)O[Si](C)(C)O.C[Si]1(CNC(=O)C(C(F)(F)F)C(F)(F)F)OCCCCO1.FC(F)(F)OC(F)(F)F. The first-order chi connectivity index (χ1) is 57.9. The van der Waals surface area contributed by atoms with E-state index < -0.39 is 174 Å². The molecule has 7 atom stereocenters. The number of alkyl halides is 18. The van der Waals surface area contributed by atoms with Gasteiger partial charge in [0.1, 0.15) is 28.7 Å². The van der Waals surface area contributed by atoms with E-state index in [1.165, 1.54) is 27.2 Å². The van der Waals surface area contributed by atoms with E-state index in [4.69, 9.17) is 64.8 Å². The third-order valence-electron chi connectivity index (χ3n) is 16.9. The van der Waals surface area contributed by atoms with Crippen LogP contribution in [0.4, 0.5) is 90.4 Å². The second-order valence-electron chi connectivity index (χ2n) is 31.8. The van der Waals surface area contributed by atoms with Crippen LogP contribution in [0.25, 0.3) is 0 Å². The zero-order chi connectivity index (χ0) is 102.